The monoisotopic (exact) mass is 338 g/mol. The number of amides is 3. The SMILES string of the molecule is COCCNC(=O)Nc1cccc(C(=O)Nc2cccc(C#N)c2)c1. The van der Waals surface area contributed by atoms with Gasteiger partial charge in [-0.2, -0.15) is 5.26 Å². The largest absolute Gasteiger partial charge is 0.383 e. The lowest BCUT2D eigenvalue weighted by Gasteiger charge is -2.09. The predicted octanol–water partition coefficient (Wildman–Crippen LogP) is 2.58. The molecular weight excluding hydrogens is 320 g/mol. The molecular formula is C18H18N4O3. The van der Waals surface area contributed by atoms with E-state index in [4.69, 9.17) is 10.00 Å². The van der Waals surface area contributed by atoms with Crippen molar-refractivity contribution in [3.05, 3.63) is 59.7 Å². The highest BCUT2D eigenvalue weighted by Crippen LogP contribution is 2.14. The van der Waals surface area contributed by atoms with Crippen molar-refractivity contribution in [1.29, 1.82) is 5.26 Å². The fourth-order valence-electron chi connectivity index (χ4n) is 2.05. The number of ether oxygens (including phenoxy) is 1. The standard InChI is InChI=1S/C18H18N4O3/c1-25-9-8-20-18(24)22-16-7-3-5-14(11-16)17(23)21-15-6-2-4-13(10-15)12-19/h2-7,10-11H,8-9H2,1H3,(H,21,23)(H2,20,22,24). The van der Waals surface area contributed by atoms with E-state index in [-0.39, 0.29) is 11.9 Å². The summed E-state index contributed by atoms with van der Waals surface area (Å²) in [6.45, 7) is 0.801. The summed E-state index contributed by atoms with van der Waals surface area (Å²) in [4.78, 5) is 24.0. The maximum absolute atomic E-state index is 12.3. The molecule has 0 saturated heterocycles. The summed E-state index contributed by atoms with van der Waals surface area (Å²) in [7, 11) is 1.55. The summed E-state index contributed by atoms with van der Waals surface area (Å²) in [5.74, 6) is -0.335. The molecule has 0 spiro atoms. The second-order valence-electron chi connectivity index (χ2n) is 5.10. The van der Waals surface area contributed by atoms with Gasteiger partial charge in [-0.1, -0.05) is 12.1 Å². The molecule has 0 unspecified atom stereocenters. The Kier molecular flexibility index (Phi) is 6.51. The average Bonchev–Trinajstić information content (AvgIpc) is 2.62. The number of benzene rings is 2. The lowest BCUT2D eigenvalue weighted by molar-refractivity contribution is 0.102. The summed E-state index contributed by atoms with van der Waals surface area (Å²) in [6, 6.07) is 14.8. The maximum Gasteiger partial charge on any atom is 0.319 e. The van der Waals surface area contributed by atoms with E-state index in [1.54, 1.807) is 55.6 Å². The second kappa shape index (κ2) is 9.05. The molecule has 0 saturated carbocycles. The third-order valence-electron chi connectivity index (χ3n) is 3.22. The van der Waals surface area contributed by atoms with Gasteiger partial charge in [0.25, 0.3) is 5.91 Å². The van der Waals surface area contributed by atoms with Gasteiger partial charge in [-0.05, 0) is 36.4 Å². The van der Waals surface area contributed by atoms with Gasteiger partial charge in [-0.15, -0.1) is 0 Å². The molecule has 0 atom stereocenters. The van der Waals surface area contributed by atoms with Crippen LogP contribution in [0.2, 0.25) is 0 Å². The van der Waals surface area contributed by atoms with Gasteiger partial charge in [0.05, 0.1) is 18.2 Å². The minimum Gasteiger partial charge on any atom is -0.383 e. The Morgan fingerprint density at radius 2 is 1.80 bits per heavy atom. The van der Waals surface area contributed by atoms with Gasteiger partial charge >= 0.3 is 6.03 Å². The van der Waals surface area contributed by atoms with Crippen molar-refractivity contribution >= 4 is 23.3 Å². The van der Waals surface area contributed by atoms with Crippen molar-refractivity contribution in [3.63, 3.8) is 0 Å². The van der Waals surface area contributed by atoms with Crippen LogP contribution >= 0.6 is 0 Å². The number of nitrogens with one attached hydrogen (secondary N) is 3. The number of nitrogens with zero attached hydrogens (tertiary/aromatic N) is 1. The molecule has 3 N–H and O–H groups in total. The Morgan fingerprint density at radius 3 is 2.52 bits per heavy atom. The highest BCUT2D eigenvalue weighted by Gasteiger charge is 2.08. The minimum absolute atomic E-state index is 0.335. The molecule has 7 heteroatoms. The van der Waals surface area contributed by atoms with Crippen molar-refractivity contribution < 1.29 is 14.3 Å². The third-order valence-corrected chi connectivity index (χ3v) is 3.22. The summed E-state index contributed by atoms with van der Waals surface area (Å²) in [6.07, 6.45) is 0. The van der Waals surface area contributed by atoms with Gasteiger partial charge in [0.2, 0.25) is 0 Å². The zero-order valence-corrected chi connectivity index (χ0v) is 13.7. The molecule has 0 aliphatic carbocycles. The van der Waals surface area contributed by atoms with E-state index < -0.39 is 0 Å². The quantitative estimate of drug-likeness (QED) is 0.704. The number of hydrogen-bond donors (Lipinski definition) is 3. The Hall–Kier alpha value is -3.37. The van der Waals surface area contributed by atoms with Crippen LogP contribution < -0.4 is 16.0 Å². The lowest BCUT2D eigenvalue weighted by atomic mass is 10.1. The van der Waals surface area contributed by atoms with Gasteiger partial charge in [-0.25, -0.2) is 4.79 Å². The fraction of sp³-hybridized carbons (Fsp3) is 0.167. The van der Waals surface area contributed by atoms with E-state index >= 15 is 0 Å². The first-order chi connectivity index (χ1) is 12.1. The van der Waals surface area contributed by atoms with Crippen LogP contribution in [-0.2, 0) is 4.74 Å². The zero-order valence-electron chi connectivity index (χ0n) is 13.7. The third kappa shape index (κ3) is 5.64. The van der Waals surface area contributed by atoms with E-state index in [0.29, 0.717) is 35.7 Å². The second-order valence-corrected chi connectivity index (χ2v) is 5.10. The van der Waals surface area contributed by atoms with Gasteiger partial charge in [0.1, 0.15) is 0 Å². The molecule has 0 radical (unpaired) electrons. The van der Waals surface area contributed by atoms with Crippen LogP contribution in [-0.4, -0.2) is 32.2 Å². The molecule has 0 aromatic heterocycles. The van der Waals surface area contributed by atoms with Gasteiger partial charge in [0, 0.05) is 30.6 Å². The van der Waals surface area contributed by atoms with Crippen molar-refractivity contribution in [1.82, 2.24) is 5.32 Å². The highest BCUT2D eigenvalue weighted by molar-refractivity contribution is 6.05. The molecule has 7 nitrogen and oxygen atoms in total. The zero-order chi connectivity index (χ0) is 18.1. The molecule has 3 amide bonds. The van der Waals surface area contributed by atoms with Crippen molar-refractivity contribution in [3.8, 4) is 6.07 Å². The molecule has 0 aliphatic rings. The van der Waals surface area contributed by atoms with Crippen LogP contribution in [0.1, 0.15) is 15.9 Å². The van der Waals surface area contributed by atoms with E-state index in [0.717, 1.165) is 0 Å². The average molecular weight is 338 g/mol. The number of rotatable bonds is 6. The first-order valence-electron chi connectivity index (χ1n) is 7.58. The minimum atomic E-state index is -0.378. The smallest absolute Gasteiger partial charge is 0.319 e. The Balaban J connectivity index is 2.01. The number of anilines is 2. The number of carbonyl (C=O) groups is 2. The molecule has 0 bridgehead atoms. The molecule has 2 aromatic carbocycles. The fourth-order valence-corrected chi connectivity index (χ4v) is 2.05. The number of nitriles is 1. The maximum atomic E-state index is 12.3. The van der Waals surface area contributed by atoms with Crippen LogP contribution in [0.25, 0.3) is 0 Å². The predicted molar refractivity (Wildman–Crippen MR) is 94.4 cm³/mol. The van der Waals surface area contributed by atoms with Crippen molar-refractivity contribution in [2.45, 2.75) is 0 Å². The van der Waals surface area contributed by atoms with E-state index in [9.17, 15) is 9.59 Å². The molecule has 0 heterocycles. The molecule has 0 aliphatic heterocycles. The molecule has 2 rings (SSSR count). The number of carbonyl (C=O) groups excluding carboxylic acids is 2. The number of urea groups is 1. The molecule has 25 heavy (non-hydrogen) atoms. The highest BCUT2D eigenvalue weighted by atomic mass is 16.5. The van der Waals surface area contributed by atoms with Crippen molar-refractivity contribution in [2.24, 2.45) is 0 Å². The van der Waals surface area contributed by atoms with Crippen LogP contribution in [0.5, 0.6) is 0 Å². The van der Waals surface area contributed by atoms with Crippen LogP contribution in [0.15, 0.2) is 48.5 Å². The topological polar surface area (TPSA) is 103 Å². The Labute approximate surface area is 145 Å². The van der Waals surface area contributed by atoms with E-state index in [2.05, 4.69) is 16.0 Å². The summed E-state index contributed by atoms with van der Waals surface area (Å²) < 4.78 is 4.85. The van der Waals surface area contributed by atoms with Crippen LogP contribution in [0, 0.1) is 11.3 Å². The van der Waals surface area contributed by atoms with Gasteiger partial charge in [0.15, 0.2) is 0 Å². The van der Waals surface area contributed by atoms with E-state index in [1.807, 2.05) is 6.07 Å². The summed E-state index contributed by atoms with van der Waals surface area (Å²) >= 11 is 0. The first kappa shape index (κ1) is 18.0. The number of methoxy groups -OCH3 is 1. The van der Waals surface area contributed by atoms with E-state index in [1.165, 1.54) is 0 Å². The van der Waals surface area contributed by atoms with Gasteiger partial charge < -0.3 is 20.7 Å². The van der Waals surface area contributed by atoms with Crippen molar-refractivity contribution in [2.75, 3.05) is 30.9 Å². The summed E-state index contributed by atoms with van der Waals surface area (Å²) in [5.41, 5.74) is 1.87. The Morgan fingerprint density at radius 1 is 1.08 bits per heavy atom. The summed E-state index contributed by atoms with van der Waals surface area (Å²) in [5, 5.41) is 16.9. The normalized spacial score (nSPS) is 9.76. The van der Waals surface area contributed by atoms with Crippen LogP contribution in [0.3, 0.4) is 0 Å². The Bertz CT molecular complexity index is 799. The number of hydrogen-bond acceptors (Lipinski definition) is 4. The molecule has 2 aromatic rings. The molecule has 128 valence electrons. The first-order valence-corrected chi connectivity index (χ1v) is 7.58. The lowest BCUT2D eigenvalue weighted by Crippen LogP contribution is -2.31. The molecule has 0 fully saturated rings. The van der Waals surface area contributed by atoms with Crippen LogP contribution in [0.4, 0.5) is 16.2 Å². The van der Waals surface area contributed by atoms with Gasteiger partial charge in [-0.3, -0.25) is 4.79 Å².